The highest BCUT2D eigenvalue weighted by atomic mass is 32.2. The van der Waals surface area contributed by atoms with Crippen molar-refractivity contribution in [1.82, 2.24) is 0 Å². The van der Waals surface area contributed by atoms with Gasteiger partial charge in [0.2, 0.25) is 0 Å². The number of carbonyl (C=O) groups excluding carboxylic acids is 1. The largest absolute Gasteiger partial charge is 0.497 e. The van der Waals surface area contributed by atoms with Gasteiger partial charge in [-0.25, -0.2) is 0 Å². The van der Waals surface area contributed by atoms with Gasteiger partial charge in [-0.3, -0.25) is 4.79 Å². The summed E-state index contributed by atoms with van der Waals surface area (Å²) < 4.78 is 4.95. The number of hydrogen-bond acceptors (Lipinski definition) is 3. The summed E-state index contributed by atoms with van der Waals surface area (Å²) in [5.41, 5.74) is 2.13. The normalized spacial score (nSPS) is 26.6. The lowest BCUT2D eigenvalue weighted by Crippen LogP contribution is -2.15. The molecule has 1 aliphatic carbocycles. The number of methoxy groups -OCH3 is 1. The maximum atomic E-state index is 12.6. The van der Waals surface area contributed by atoms with E-state index < -0.39 is 0 Å². The molecule has 0 unspecified atom stereocenters. The summed E-state index contributed by atoms with van der Waals surface area (Å²) in [4.78, 5) is 13.8. The first kappa shape index (κ1) is 12.0. The molecule has 1 aliphatic heterocycles. The molecule has 2 aliphatic rings. The molecule has 1 spiro atoms. The Bertz CT molecular complexity index is 692. The van der Waals surface area contributed by atoms with Crippen LogP contribution in [0.3, 0.4) is 0 Å². The topological polar surface area (TPSA) is 26.3 Å². The van der Waals surface area contributed by atoms with Gasteiger partial charge in [0, 0.05) is 16.4 Å². The van der Waals surface area contributed by atoms with Crippen molar-refractivity contribution in [2.24, 2.45) is 0 Å². The first-order chi connectivity index (χ1) is 9.74. The quantitative estimate of drug-likeness (QED) is 0.835. The van der Waals surface area contributed by atoms with Crippen LogP contribution in [0.15, 0.2) is 53.4 Å². The second-order valence-corrected chi connectivity index (χ2v) is 6.72. The van der Waals surface area contributed by atoms with Crippen molar-refractivity contribution < 1.29 is 9.53 Å². The van der Waals surface area contributed by atoms with Gasteiger partial charge in [0.1, 0.15) is 5.75 Å². The Morgan fingerprint density at radius 2 is 1.90 bits per heavy atom. The summed E-state index contributed by atoms with van der Waals surface area (Å²) in [6, 6.07) is 16.0. The maximum Gasteiger partial charge on any atom is 0.181 e. The van der Waals surface area contributed by atoms with Gasteiger partial charge in [0.25, 0.3) is 0 Å². The Labute approximate surface area is 122 Å². The molecule has 100 valence electrons. The highest BCUT2D eigenvalue weighted by Crippen LogP contribution is 2.67. The summed E-state index contributed by atoms with van der Waals surface area (Å²) in [6.07, 6.45) is 0.942. The number of ether oxygens (including phenoxy) is 1. The predicted octanol–water partition coefficient (Wildman–Crippen LogP) is 3.91. The maximum absolute atomic E-state index is 12.6. The number of benzene rings is 2. The fourth-order valence-electron chi connectivity index (χ4n) is 3.05. The molecular formula is C17H14O2S. The van der Waals surface area contributed by atoms with Gasteiger partial charge in [-0.15, -0.1) is 11.8 Å². The fraction of sp³-hybridized carbons (Fsp3) is 0.235. The molecule has 0 aromatic heterocycles. The molecule has 3 heteroatoms. The van der Waals surface area contributed by atoms with Crippen LogP contribution in [0, 0.1) is 0 Å². The number of thioether (sulfide) groups is 1. The highest BCUT2D eigenvalue weighted by Gasteiger charge is 2.64. The molecule has 0 N–H and O–H groups in total. The number of carbonyl (C=O) groups is 1. The van der Waals surface area contributed by atoms with Gasteiger partial charge in [0.05, 0.1) is 11.9 Å². The minimum Gasteiger partial charge on any atom is -0.497 e. The second kappa shape index (κ2) is 4.13. The van der Waals surface area contributed by atoms with Crippen molar-refractivity contribution in [3.8, 4) is 5.75 Å². The minimum atomic E-state index is -0.238. The van der Waals surface area contributed by atoms with E-state index in [9.17, 15) is 4.79 Å². The van der Waals surface area contributed by atoms with E-state index in [0.29, 0.717) is 11.7 Å². The number of rotatable bonds is 2. The Kier molecular flexibility index (Phi) is 2.48. The molecule has 2 nitrogen and oxygen atoms in total. The molecular weight excluding hydrogens is 268 g/mol. The van der Waals surface area contributed by atoms with Crippen molar-refractivity contribution in [2.75, 3.05) is 7.11 Å². The Balaban J connectivity index is 1.65. The SMILES string of the molecule is COc1ccc([C@H]2C[C@]23Sc2ccccc2C3=O)cc1. The van der Waals surface area contributed by atoms with Gasteiger partial charge < -0.3 is 4.74 Å². The zero-order chi connectivity index (χ0) is 13.7. The van der Waals surface area contributed by atoms with E-state index in [1.807, 2.05) is 30.3 Å². The molecule has 2 atom stereocenters. The molecule has 0 radical (unpaired) electrons. The molecule has 2 aromatic carbocycles. The number of ketones is 1. The molecule has 0 saturated heterocycles. The van der Waals surface area contributed by atoms with E-state index in [2.05, 4.69) is 18.2 Å². The summed E-state index contributed by atoms with van der Waals surface area (Å²) in [5.74, 6) is 1.49. The van der Waals surface area contributed by atoms with E-state index >= 15 is 0 Å². The zero-order valence-electron chi connectivity index (χ0n) is 11.1. The molecule has 0 bridgehead atoms. The smallest absolute Gasteiger partial charge is 0.181 e. The highest BCUT2D eigenvalue weighted by molar-refractivity contribution is 8.02. The lowest BCUT2D eigenvalue weighted by molar-refractivity contribution is 0.0981. The number of hydrogen-bond donors (Lipinski definition) is 0. The molecule has 1 saturated carbocycles. The molecule has 1 fully saturated rings. The van der Waals surface area contributed by atoms with Crippen LogP contribution in [0.25, 0.3) is 0 Å². The molecule has 20 heavy (non-hydrogen) atoms. The lowest BCUT2D eigenvalue weighted by atomic mass is 10.0. The number of Topliss-reactive ketones (excluding diaryl/α,β-unsaturated/α-hetero) is 1. The van der Waals surface area contributed by atoms with Crippen molar-refractivity contribution in [3.05, 3.63) is 59.7 Å². The third-order valence-electron chi connectivity index (χ3n) is 4.24. The van der Waals surface area contributed by atoms with Gasteiger partial charge in [0.15, 0.2) is 5.78 Å². The summed E-state index contributed by atoms with van der Waals surface area (Å²) >= 11 is 1.74. The van der Waals surface area contributed by atoms with Crippen molar-refractivity contribution >= 4 is 17.5 Å². The molecule has 1 heterocycles. The average molecular weight is 282 g/mol. The van der Waals surface area contributed by atoms with Crippen molar-refractivity contribution in [2.45, 2.75) is 22.0 Å². The first-order valence-electron chi connectivity index (χ1n) is 6.71. The zero-order valence-corrected chi connectivity index (χ0v) is 11.9. The Hall–Kier alpha value is -1.74. The van der Waals surface area contributed by atoms with Gasteiger partial charge in [-0.1, -0.05) is 30.3 Å². The summed E-state index contributed by atoms with van der Waals surface area (Å²) in [6.45, 7) is 0. The second-order valence-electron chi connectivity index (χ2n) is 5.35. The van der Waals surface area contributed by atoms with Crippen molar-refractivity contribution in [3.63, 3.8) is 0 Å². The Morgan fingerprint density at radius 3 is 2.60 bits per heavy atom. The van der Waals surface area contributed by atoms with Crippen LogP contribution in [0.1, 0.15) is 28.3 Å². The van der Waals surface area contributed by atoms with E-state index in [1.54, 1.807) is 18.9 Å². The monoisotopic (exact) mass is 282 g/mol. The van der Waals surface area contributed by atoms with Crippen LogP contribution >= 0.6 is 11.8 Å². The molecule has 2 aromatic rings. The van der Waals surface area contributed by atoms with Crippen LogP contribution in [0.4, 0.5) is 0 Å². The predicted molar refractivity (Wildman–Crippen MR) is 79.7 cm³/mol. The summed E-state index contributed by atoms with van der Waals surface area (Å²) in [5, 5.41) is 0. The lowest BCUT2D eigenvalue weighted by Gasteiger charge is -2.07. The standard InChI is InChI=1S/C17H14O2S/c1-19-12-8-6-11(7-9-12)14-10-17(14)16(18)13-4-2-3-5-15(13)20-17/h2-9,14H,10H2,1H3/t14-,17+/m1/s1. The fourth-order valence-corrected chi connectivity index (χ4v) is 4.59. The third-order valence-corrected chi connectivity index (χ3v) is 5.81. The van der Waals surface area contributed by atoms with E-state index in [-0.39, 0.29) is 4.75 Å². The average Bonchev–Trinajstić information content (AvgIpc) is 3.15. The summed E-state index contributed by atoms with van der Waals surface area (Å²) in [7, 11) is 1.67. The molecule has 4 rings (SSSR count). The first-order valence-corrected chi connectivity index (χ1v) is 7.53. The minimum absolute atomic E-state index is 0.238. The number of fused-ring (bicyclic) bond motifs is 1. The van der Waals surface area contributed by atoms with Gasteiger partial charge in [-0.2, -0.15) is 0 Å². The Morgan fingerprint density at radius 1 is 1.15 bits per heavy atom. The van der Waals surface area contributed by atoms with Crippen LogP contribution < -0.4 is 4.74 Å². The van der Waals surface area contributed by atoms with Crippen LogP contribution in [0.5, 0.6) is 5.75 Å². The van der Waals surface area contributed by atoms with Crippen LogP contribution in [-0.4, -0.2) is 17.6 Å². The van der Waals surface area contributed by atoms with Crippen LogP contribution in [-0.2, 0) is 0 Å². The van der Waals surface area contributed by atoms with E-state index in [4.69, 9.17) is 4.74 Å². The van der Waals surface area contributed by atoms with Crippen LogP contribution in [0.2, 0.25) is 0 Å². The molecule has 0 amide bonds. The van der Waals surface area contributed by atoms with E-state index in [0.717, 1.165) is 22.6 Å². The van der Waals surface area contributed by atoms with Crippen molar-refractivity contribution in [1.29, 1.82) is 0 Å². The van der Waals surface area contributed by atoms with Gasteiger partial charge >= 0.3 is 0 Å². The van der Waals surface area contributed by atoms with E-state index in [1.165, 1.54) is 5.56 Å². The third kappa shape index (κ3) is 1.56. The van der Waals surface area contributed by atoms with Gasteiger partial charge in [-0.05, 0) is 30.2 Å².